The summed E-state index contributed by atoms with van der Waals surface area (Å²) < 4.78 is 5.05. The number of ketones is 1. The molecule has 152 valence electrons. The highest BCUT2D eigenvalue weighted by Crippen LogP contribution is 2.29. The van der Waals surface area contributed by atoms with E-state index < -0.39 is 35.8 Å². The van der Waals surface area contributed by atoms with Crippen molar-refractivity contribution in [2.75, 3.05) is 13.2 Å². The average Bonchev–Trinajstić information content (AvgIpc) is 3.10. The van der Waals surface area contributed by atoms with Gasteiger partial charge in [-0.25, -0.2) is 9.59 Å². The van der Waals surface area contributed by atoms with E-state index in [2.05, 4.69) is 10.3 Å². The SMILES string of the molecule is CCOC(=O)c1c(C)[nH]c(C)c1C(=O)CN1C(=O)N[C@](C)(c2ccccc2)C1=O. The minimum absolute atomic E-state index is 0.132. The molecule has 0 aliphatic carbocycles. The van der Waals surface area contributed by atoms with Gasteiger partial charge in [0.2, 0.25) is 0 Å². The number of urea groups is 1. The van der Waals surface area contributed by atoms with Crippen LogP contribution in [-0.2, 0) is 15.1 Å². The number of rotatable bonds is 6. The van der Waals surface area contributed by atoms with Crippen molar-refractivity contribution in [2.24, 2.45) is 0 Å². The van der Waals surface area contributed by atoms with Crippen molar-refractivity contribution in [1.82, 2.24) is 15.2 Å². The number of ether oxygens (including phenoxy) is 1. The molecule has 3 rings (SSSR count). The van der Waals surface area contributed by atoms with Crippen LogP contribution in [0.2, 0.25) is 0 Å². The molecule has 1 aliphatic heterocycles. The molecular formula is C21H23N3O5. The highest BCUT2D eigenvalue weighted by molar-refractivity contribution is 6.14. The van der Waals surface area contributed by atoms with Crippen molar-refractivity contribution >= 4 is 23.7 Å². The molecule has 1 fully saturated rings. The molecule has 1 aromatic carbocycles. The van der Waals surface area contributed by atoms with Crippen LogP contribution in [0, 0.1) is 13.8 Å². The summed E-state index contributed by atoms with van der Waals surface area (Å²) in [7, 11) is 0. The smallest absolute Gasteiger partial charge is 0.340 e. The number of hydrogen-bond acceptors (Lipinski definition) is 5. The molecule has 0 bridgehead atoms. The van der Waals surface area contributed by atoms with E-state index in [1.165, 1.54) is 0 Å². The minimum Gasteiger partial charge on any atom is -0.462 e. The number of Topliss-reactive ketones (excluding diaryl/α,β-unsaturated/α-hetero) is 1. The summed E-state index contributed by atoms with van der Waals surface area (Å²) >= 11 is 0. The van der Waals surface area contributed by atoms with Gasteiger partial charge in [0.15, 0.2) is 5.78 Å². The molecule has 1 aliphatic rings. The van der Waals surface area contributed by atoms with E-state index in [1.54, 1.807) is 52.0 Å². The molecule has 8 heteroatoms. The van der Waals surface area contributed by atoms with Gasteiger partial charge in [-0.1, -0.05) is 30.3 Å². The van der Waals surface area contributed by atoms with Crippen LogP contribution in [0.15, 0.2) is 30.3 Å². The summed E-state index contributed by atoms with van der Waals surface area (Å²) in [6.07, 6.45) is 0. The predicted octanol–water partition coefficient (Wildman–Crippen LogP) is 2.46. The van der Waals surface area contributed by atoms with Gasteiger partial charge in [0.1, 0.15) is 5.54 Å². The fourth-order valence-electron chi connectivity index (χ4n) is 3.62. The fraction of sp³-hybridized carbons (Fsp3) is 0.333. The van der Waals surface area contributed by atoms with E-state index in [4.69, 9.17) is 4.74 Å². The topological polar surface area (TPSA) is 109 Å². The lowest BCUT2D eigenvalue weighted by atomic mass is 9.92. The van der Waals surface area contributed by atoms with Gasteiger partial charge in [0.25, 0.3) is 5.91 Å². The molecule has 8 nitrogen and oxygen atoms in total. The average molecular weight is 397 g/mol. The number of carbonyl (C=O) groups is 4. The zero-order chi connectivity index (χ0) is 21.3. The van der Waals surface area contributed by atoms with Crippen molar-refractivity contribution in [3.8, 4) is 0 Å². The second-order valence-corrected chi connectivity index (χ2v) is 7.08. The predicted molar refractivity (Wildman–Crippen MR) is 105 cm³/mol. The molecule has 29 heavy (non-hydrogen) atoms. The Balaban J connectivity index is 1.90. The molecule has 1 saturated heterocycles. The number of amides is 3. The molecule has 1 atom stereocenters. The number of aromatic amines is 1. The zero-order valence-electron chi connectivity index (χ0n) is 16.8. The van der Waals surface area contributed by atoms with Crippen molar-refractivity contribution < 1.29 is 23.9 Å². The third-order valence-corrected chi connectivity index (χ3v) is 5.06. The van der Waals surface area contributed by atoms with E-state index in [0.29, 0.717) is 17.0 Å². The quantitative estimate of drug-likeness (QED) is 0.442. The van der Waals surface area contributed by atoms with Crippen LogP contribution >= 0.6 is 0 Å². The van der Waals surface area contributed by atoms with E-state index in [9.17, 15) is 19.2 Å². The van der Waals surface area contributed by atoms with E-state index in [1.807, 2.05) is 6.07 Å². The molecule has 0 radical (unpaired) electrons. The Morgan fingerprint density at radius 2 is 1.69 bits per heavy atom. The number of H-pyrrole nitrogens is 1. The first-order valence-corrected chi connectivity index (χ1v) is 9.29. The minimum atomic E-state index is -1.26. The largest absolute Gasteiger partial charge is 0.462 e. The number of aromatic nitrogens is 1. The van der Waals surface area contributed by atoms with Crippen LogP contribution in [0.4, 0.5) is 4.79 Å². The summed E-state index contributed by atoms with van der Waals surface area (Å²) in [6, 6.07) is 8.17. The van der Waals surface area contributed by atoms with E-state index >= 15 is 0 Å². The summed E-state index contributed by atoms with van der Waals surface area (Å²) in [6.45, 7) is 6.28. The molecule has 2 heterocycles. The first kappa shape index (κ1) is 20.3. The van der Waals surface area contributed by atoms with Crippen LogP contribution < -0.4 is 5.32 Å². The monoisotopic (exact) mass is 397 g/mol. The van der Waals surface area contributed by atoms with E-state index in [-0.39, 0.29) is 17.7 Å². The van der Waals surface area contributed by atoms with Gasteiger partial charge >= 0.3 is 12.0 Å². The third-order valence-electron chi connectivity index (χ3n) is 5.06. The van der Waals surface area contributed by atoms with Crippen LogP contribution in [-0.4, -0.2) is 46.7 Å². The molecule has 3 amide bonds. The Labute approximate surface area is 168 Å². The van der Waals surface area contributed by atoms with Gasteiger partial charge in [-0.05, 0) is 33.3 Å². The standard InChI is InChI=1S/C21H23N3O5/c1-5-29-18(26)17-13(3)22-12(2)16(17)15(25)11-24-19(27)21(4,23-20(24)28)14-9-7-6-8-10-14/h6-10,22H,5,11H2,1-4H3,(H,23,28)/t21-/m1/s1. The van der Waals surface area contributed by atoms with Gasteiger partial charge in [0, 0.05) is 11.4 Å². The van der Waals surface area contributed by atoms with Crippen LogP contribution in [0.5, 0.6) is 0 Å². The first-order valence-electron chi connectivity index (χ1n) is 9.29. The molecule has 1 aromatic heterocycles. The summed E-state index contributed by atoms with van der Waals surface area (Å²) in [5, 5.41) is 2.67. The Morgan fingerprint density at radius 3 is 2.31 bits per heavy atom. The lowest BCUT2D eigenvalue weighted by Crippen LogP contribution is -2.41. The van der Waals surface area contributed by atoms with Gasteiger partial charge in [-0.2, -0.15) is 0 Å². The first-order chi connectivity index (χ1) is 13.7. The summed E-state index contributed by atoms with van der Waals surface area (Å²) in [5.41, 5.74) is 0.603. The van der Waals surface area contributed by atoms with Crippen molar-refractivity contribution in [1.29, 1.82) is 0 Å². The zero-order valence-corrected chi connectivity index (χ0v) is 16.8. The van der Waals surface area contributed by atoms with Crippen LogP contribution in [0.3, 0.4) is 0 Å². The van der Waals surface area contributed by atoms with Crippen molar-refractivity contribution in [3.05, 3.63) is 58.4 Å². The summed E-state index contributed by atoms with van der Waals surface area (Å²) in [5.74, 6) is -1.66. The van der Waals surface area contributed by atoms with Crippen molar-refractivity contribution in [2.45, 2.75) is 33.2 Å². The Morgan fingerprint density at radius 1 is 1.07 bits per heavy atom. The number of esters is 1. The second-order valence-electron chi connectivity index (χ2n) is 7.08. The lowest BCUT2D eigenvalue weighted by Gasteiger charge is -2.22. The van der Waals surface area contributed by atoms with Gasteiger partial charge < -0.3 is 15.0 Å². The number of aryl methyl sites for hydroxylation is 2. The molecule has 0 spiro atoms. The van der Waals surface area contributed by atoms with Crippen LogP contribution in [0.1, 0.15) is 51.5 Å². The maximum Gasteiger partial charge on any atom is 0.340 e. The Kier molecular flexibility index (Phi) is 5.28. The Hall–Kier alpha value is -3.42. The lowest BCUT2D eigenvalue weighted by molar-refractivity contribution is -0.130. The maximum atomic E-state index is 13.0. The highest BCUT2D eigenvalue weighted by Gasteiger charge is 2.49. The summed E-state index contributed by atoms with van der Waals surface area (Å²) in [4.78, 5) is 54.6. The van der Waals surface area contributed by atoms with Gasteiger partial charge in [-0.15, -0.1) is 0 Å². The molecule has 2 N–H and O–H groups in total. The second kappa shape index (κ2) is 7.54. The normalized spacial score (nSPS) is 18.7. The molecular weight excluding hydrogens is 374 g/mol. The number of nitrogens with zero attached hydrogens (tertiary/aromatic N) is 1. The van der Waals surface area contributed by atoms with Crippen molar-refractivity contribution in [3.63, 3.8) is 0 Å². The molecule has 0 saturated carbocycles. The number of nitrogens with one attached hydrogen (secondary N) is 2. The number of benzene rings is 1. The maximum absolute atomic E-state index is 13.0. The molecule has 2 aromatic rings. The number of carbonyl (C=O) groups excluding carboxylic acids is 4. The Bertz CT molecular complexity index is 995. The fourth-order valence-corrected chi connectivity index (χ4v) is 3.62. The van der Waals surface area contributed by atoms with Gasteiger partial charge in [-0.3, -0.25) is 14.5 Å². The van der Waals surface area contributed by atoms with E-state index in [0.717, 1.165) is 4.90 Å². The molecule has 0 unspecified atom stereocenters. The number of imide groups is 1. The highest BCUT2D eigenvalue weighted by atomic mass is 16.5. The van der Waals surface area contributed by atoms with Gasteiger partial charge in [0.05, 0.1) is 24.3 Å². The number of hydrogen-bond donors (Lipinski definition) is 2. The third kappa shape index (κ3) is 3.41. The van der Waals surface area contributed by atoms with Crippen LogP contribution in [0.25, 0.3) is 0 Å².